The molecule has 2 aliphatic carbocycles. The molecule has 23 heavy (non-hydrogen) atoms. The van der Waals surface area contributed by atoms with E-state index in [1.54, 1.807) is 16.7 Å². The maximum atomic E-state index is 4.01. The minimum atomic E-state index is 0.574. The van der Waals surface area contributed by atoms with Gasteiger partial charge in [0.2, 0.25) is 0 Å². The van der Waals surface area contributed by atoms with E-state index in [1.165, 1.54) is 37.8 Å². The van der Waals surface area contributed by atoms with Gasteiger partial charge in [-0.05, 0) is 48.4 Å². The molecule has 0 spiro atoms. The molecule has 5 rings (SSSR count). The molecule has 2 aromatic carbocycles. The lowest BCUT2D eigenvalue weighted by molar-refractivity contribution is 0.296. The van der Waals surface area contributed by atoms with Gasteiger partial charge in [0.05, 0.1) is 0 Å². The highest BCUT2D eigenvalue weighted by molar-refractivity contribution is 5.60. The number of hydrogen-bond acceptors (Lipinski definition) is 2. The van der Waals surface area contributed by atoms with Gasteiger partial charge in [0.25, 0.3) is 0 Å². The maximum Gasteiger partial charge on any atom is 0.0484 e. The molecule has 0 bridgehead atoms. The van der Waals surface area contributed by atoms with Crippen LogP contribution in [-0.2, 0) is 12.8 Å². The average molecular weight is 304 g/mol. The van der Waals surface area contributed by atoms with E-state index in [1.807, 2.05) is 0 Å². The zero-order chi connectivity index (χ0) is 15.2. The van der Waals surface area contributed by atoms with Gasteiger partial charge in [0, 0.05) is 29.7 Å². The molecular weight excluding hydrogens is 280 g/mol. The molecule has 0 radical (unpaired) electrons. The van der Waals surface area contributed by atoms with Crippen LogP contribution in [0.4, 0.5) is 5.69 Å². The minimum Gasteiger partial charge on any atom is -0.380 e. The third-order valence-electron chi connectivity index (χ3n) is 6.08. The number of fused-ring (bicyclic) bond motifs is 4. The standard InChI is InChI=1S/C21H24N2/c1-2-7-15-13-16(12-14(15)6-1)22-20-11-5-9-18-17-8-3-4-10-19(17)23-21(18)20/h1-4,6-8,10,16,18,20-23H,5,9,11-13H2. The van der Waals surface area contributed by atoms with Gasteiger partial charge in [-0.15, -0.1) is 0 Å². The highest BCUT2D eigenvalue weighted by atomic mass is 15.1. The lowest BCUT2D eigenvalue weighted by Gasteiger charge is -2.36. The summed E-state index contributed by atoms with van der Waals surface area (Å²) in [6.07, 6.45) is 6.36. The quantitative estimate of drug-likeness (QED) is 0.880. The van der Waals surface area contributed by atoms with Crippen molar-refractivity contribution in [2.24, 2.45) is 0 Å². The first-order valence-corrected chi connectivity index (χ1v) is 9.07. The molecule has 2 heteroatoms. The number of anilines is 1. The van der Waals surface area contributed by atoms with Crippen LogP contribution in [0.15, 0.2) is 48.5 Å². The largest absolute Gasteiger partial charge is 0.380 e. The Kier molecular flexibility index (Phi) is 3.19. The SMILES string of the molecule is c1ccc2c(c1)CC(NC1CCCC3c4ccccc4NC13)C2. The molecule has 1 aliphatic heterocycles. The summed E-state index contributed by atoms with van der Waals surface area (Å²) in [5.74, 6) is 0.696. The first kappa shape index (κ1) is 13.6. The smallest absolute Gasteiger partial charge is 0.0484 e. The summed E-state index contributed by atoms with van der Waals surface area (Å²) >= 11 is 0. The van der Waals surface area contributed by atoms with Gasteiger partial charge in [-0.2, -0.15) is 0 Å². The molecule has 3 unspecified atom stereocenters. The Morgan fingerprint density at radius 2 is 1.61 bits per heavy atom. The zero-order valence-electron chi connectivity index (χ0n) is 13.5. The lowest BCUT2D eigenvalue weighted by Crippen LogP contribution is -2.51. The molecule has 1 saturated carbocycles. The lowest BCUT2D eigenvalue weighted by atomic mass is 9.79. The van der Waals surface area contributed by atoms with Gasteiger partial charge in [-0.3, -0.25) is 0 Å². The fourth-order valence-electron chi connectivity index (χ4n) is 5.05. The highest BCUT2D eigenvalue weighted by Gasteiger charge is 2.40. The van der Waals surface area contributed by atoms with Crippen molar-refractivity contribution in [1.29, 1.82) is 0 Å². The number of rotatable bonds is 2. The molecule has 2 aromatic rings. The van der Waals surface area contributed by atoms with E-state index in [4.69, 9.17) is 0 Å². The average Bonchev–Trinajstić information content (AvgIpc) is 3.16. The molecule has 1 heterocycles. The Balaban J connectivity index is 1.33. The number of nitrogens with one attached hydrogen (secondary N) is 2. The number of hydrogen-bond donors (Lipinski definition) is 2. The van der Waals surface area contributed by atoms with E-state index in [2.05, 4.69) is 59.2 Å². The highest BCUT2D eigenvalue weighted by Crippen LogP contribution is 2.43. The van der Waals surface area contributed by atoms with Crippen LogP contribution in [0, 0.1) is 0 Å². The summed E-state index contributed by atoms with van der Waals surface area (Å²) in [5, 5.41) is 7.83. The van der Waals surface area contributed by atoms with E-state index < -0.39 is 0 Å². The topological polar surface area (TPSA) is 24.1 Å². The van der Waals surface area contributed by atoms with Crippen molar-refractivity contribution in [3.05, 3.63) is 65.2 Å². The predicted molar refractivity (Wildman–Crippen MR) is 95.0 cm³/mol. The first-order chi connectivity index (χ1) is 11.4. The van der Waals surface area contributed by atoms with Gasteiger partial charge in [-0.25, -0.2) is 0 Å². The third-order valence-corrected chi connectivity index (χ3v) is 6.08. The normalized spacial score (nSPS) is 28.8. The molecule has 3 atom stereocenters. The number of benzene rings is 2. The summed E-state index contributed by atoms with van der Waals surface area (Å²) in [5.41, 5.74) is 5.99. The Morgan fingerprint density at radius 1 is 0.870 bits per heavy atom. The Hall–Kier alpha value is -1.80. The fourth-order valence-corrected chi connectivity index (χ4v) is 5.05. The van der Waals surface area contributed by atoms with E-state index in [-0.39, 0.29) is 0 Å². The van der Waals surface area contributed by atoms with Crippen molar-refractivity contribution in [2.45, 2.75) is 56.1 Å². The maximum absolute atomic E-state index is 4.01. The summed E-state index contributed by atoms with van der Waals surface area (Å²) in [6.45, 7) is 0. The number of para-hydroxylation sites is 1. The molecule has 0 aromatic heterocycles. The van der Waals surface area contributed by atoms with Crippen molar-refractivity contribution in [3.63, 3.8) is 0 Å². The monoisotopic (exact) mass is 304 g/mol. The van der Waals surface area contributed by atoms with Gasteiger partial charge in [0.15, 0.2) is 0 Å². The van der Waals surface area contributed by atoms with Crippen molar-refractivity contribution in [1.82, 2.24) is 5.32 Å². The Labute approximate surface area is 138 Å². The van der Waals surface area contributed by atoms with Gasteiger partial charge < -0.3 is 10.6 Å². The Morgan fingerprint density at radius 3 is 2.43 bits per heavy atom. The summed E-state index contributed by atoms with van der Waals surface area (Å²) in [6, 6.07) is 19.6. The van der Waals surface area contributed by atoms with Crippen molar-refractivity contribution >= 4 is 5.69 Å². The van der Waals surface area contributed by atoms with E-state index in [9.17, 15) is 0 Å². The van der Waals surface area contributed by atoms with Crippen LogP contribution >= 0.6 is 0 Å². The molecule has 118 valence electrons. The fraction of sp³-hybridized carbons (Fsp3) is 0.429. The Bertz CT molecular complexity index is 698. The zero-order valence-corrected chi connectivity index (χ0v) is 13.5. The van der Waals surface area contributed by atoms with Gasteiger partial charge in [0.1, 0.15) is 0 Å². The summed E-state index contributed by atoms with van der Waals surface area (Å²) < 4.78 is 0. The van der Waals surface area contributed by atoms with Crippen LogP contribution in [-0.4, -0.2) is 18.1 Å². The predicted octanol–water partition coefficient (Wildman–Crippen LogP) is 3.87. The van der Waals surface area contributed by atoms with Crippen LogP contribution in [0.3, 0.4) is 0 Å². The van der Waals surface area contributed by atoms with Crippen LogP contribution in [0.25, 0.3) is 0 Å². The first-order valence-electron chi connectivity index (χ1n) is 9.07. The third kappa shape index (κ3) is 2.28. The van der Waals surface area contributed by atoms with Crippen molar-refractivity contribution in [2.75, 3.05) is 5.32 Å². The van der Waals surface area contributed by atoms with E-state index in [0.717, 1.165) is 0 Å². The second-order valence-corrected chi connectivity index (χ2v) is 7.44. The van der Waals surface area contributed by atoms with Crippen LogP contribution in [0.1, 0.15) is 41.9 Å². The van der Waals surface area contributed by atoms with Crippen molar-refractivity contribution in [3.8, 4) is 0 Å². The van der Waals surface area contributed by atoms with Gasteiger partial charge in [-0.1, -0.05) is 48.9 Å². The van der Waals surface area contributed by atoms with Crippen LogP contribution < -0.4 is 10.6 Å². The molecule has 3 aliphatic rings. The second kappa shape index (κ2) is 5.38. The van der Waals surface area contributed by atoms with E-state index >= 15 is 0 Å². The minimum absolute atomic E-state index is 0.574. The second-order valence-electron chi connectivity index (χ2n) is 7.44. The van der Waals surface area contributed by atoms with Crippen LogP contribution in [0.5, 0.6) is 0 Å². The van der Waals surface area contributed by atoms with E-state index in [0.29, 0.717) is 24.0 Å². The molecule has 1 fully saturated rings. The van der Waals surface area contributed by atoms with Crippen molar-refractivity contribution < 1.29 is 0 Å². The van der Waals surface area contributed by atoms with Gasteiger partial charge >= 0.3 is 0 Å². The summed E-state index contributed by atoms with van der Waals surface area (Å²) in [4.78, 5) is 0. The molecule has 0 amide bonds. The molecule has 2 N–H and O–H groups in total. The molecule has 2 nitrogen and oxygen atoms in total. The molecule has 0 saturated heterocycles. The molecular formula is C21H24N2. The summed E-state index contributed by atoms with van der Waals surface area (Å²) in [7, 11) is 0. The van der Waals surface area contributed by atoms with Crippen LogP contribution in [0.2, 0.25) is 0 Å².